The molecule has 4 N–H and O–H groups in total. The van der Waals surface area contributed by atoms with Crippen molar-refractivity contribution in [3.8, 4) is 0 Å². The average Bonchev–Trinajstić information content (AvgIpc) is 2.76. The number of aromatic nitrogens is 2. The number of aryl methyl sites for hydroxylation is 1. The number of ether oxygens (including phenoxy) is 1. The summed E-state index contributed by atoms with van der Waals surface area (Å²) in [7, 11) is 1.51. The van der Waals surface area contributed by atoms with Crippen LogP contribution in [0.5, 0.6) is 0 Å². The van der Waals surface area contributed by atoms with Gasteiger partial charge in [-0.1, -0.05) is 0 Å². The van der Waals surface area contributed by atoms with E-state index in [0.717, 1.165) is 22.2 Å². The molecule has 7 heteroatoms. The predicted octanol–water partition coefficient (Wildman–Crippen LogP) is 1.21. The molecule has 1 unspecified atom stereocenters. The van der Waals surface area contributed by atoms with Crippen molar-refractivity contribution in [2.24, 2.45) is 5.73 Å². The summed E-state index contributed by atoms with van der Waals surface area (Å²) < 4.78 is 4.85. The first kappa shape index (κ1) is 15.4. The van der Waals surface area contributed by atoms with E-state index in [1.807, 2.05) is 19.1 Å². The van der Waals surface area contributed by atoms with Crippen molar-refractivity contribution < 1.29 is 9.53 Å². The van der Waals surface area contributed by atoms with Crippen LogP contribution in [-0.2, 0) is 9.53 Å². The lowest BCUT2D eigenvalue weighted by molar-refractivity contribution is -0.118. The Morgan fingerprint density at radius 2 is 2.32 bits per heavy atom. The second-order valence-corrected chi connectivity index (χ2v) is 4.18. The van der Waals surface area contributed by atoms with Crippen LogP contribution in [-0.4, -0.2) is 35.9 Å². The first-order chi connectivity index (χ1) is 8.61. The third kappa shape index (κ3) is 3.44. The van der Waals surface area contributed by atoms with Crippen molar-refractivity contribution in [2.45, 2.75) is 13.0 Å². The number of benzene rings is 1. The number of halogens is 1. The van der Waals surface area contributed by atoms with Gasteiger partial charge in [-0.3, -0.25) is 9.89 Å². The van der Waals surface area contributed by atoms with Gasteiger partial charge < -0.3 is 15.8 Å². The molecule has 1 heterocycles. The fourth-order valence-electron chi connectivity index (χ4n) is 1.72. The molecule has 0 saturated carbocycles. The molecule has 0 radical (unpaired) electrons. The second-order valence-electron chi connectivity index (χ2n) is 4.18. The number of hydrogen-bond donors (Lipinski definition) is 3. The monoisotopic (exact) mass is 284 g/mol. The highest BCUT2D eigenvalue weighted by atomic mass is 35.5. The largest absolute Gasteiger partial charge is 0.383 e. The Kier molecular flexibility index (Phi) is 5.29. The van der Waals surface area contributed by atoms with E-state index in [1.165, 1.54) is 7.11 Å². The number of methoxy groups -OCH3 is 1. The Hall–Kier alpha value is -1.63. The fraction of sp³-hybridized carbons (Fsp3) is 0.333. The van der Waals surface area contributed by atoms with E-state index in [1.54, 1.807) is 6.20 Å². The molecule has 0 saturated heterocycles. The number of hydrogen-bond acceptors (Lipinski definition) is 4. The molecule has 2 rings (SSSR count). The number of amides is 1. The Morgan fingerprint density at radius 1 is 1.58 bits per heavy atom. The van der Waals surface area contributed by atoms with E-state index in [9.17, 15) is 4.79 Å². The Labute approximate surface area is 117 Å². The minimum Gasteiger partial charge on any atom is -0.383 e. The highest BCUT2D eigenvalue weighted by Crippen LogP contribution is 2.21. The molecule has 19 heavy (non-hydrogen) atoms. The van der Waals surface area contributed by atoms with Gasteiger partial charge in [0.15, 0.2) is 0 Å². The SMILES string of the molecule is COCC(N)C(=O)Nc1cc2[nH]ncc2cc1C.Cl. The van der Waals surface area contributed by atoms with Crippen molar-refractivity contribution >= 4 is 34.9 Å². The molecule has 1 amide bonds. The summed E-state index contributed by atoms with van der Waals surface area (Å²) in [5, 5.41) is 10.6. The molecule has 1 aromatic heterocycles. The number of H-pyrrole nitrogens is 1. The molecule has 0 fully saturated rings. The smallest absolute Gasteiger partial charge is 0.243 e. The quantitative estimate of drug-likeness (QED) is 0.786. The third-order valence-corrected chi connectivity index (χ3v) is 2.73. The van der Waals surface area contributed by atoms with Gasteiger partial charge in [0.2, 0.25) is 5.91 Å². The maximum absolute atomic E-state index is 11.8. The van der Waals surface area contributed by atoms with Crippen LogP contribution in [0.15, 0.2) is 18.3 Å². The molecule has 2 aromatic rings. The average molecular weight is 285 g/mol. The van der Waals surface area contributed by atoms with Gasteiger partial charge in [-0.05, 0) is 24.6 Å². The van der Waals surface area contributed by atoms with E-state index in [4.69, 9.17) is 10.5 Å². The van der Waals surface area contributed by atoms with Gasteiger partial charge in [-0.15, -0.1) is 12.4 Å². The van der Waals surface area contributed by atoms with Gasteiger partial charge >= 0.3 is 0 Å². The van der Waals surface area contributed by atoms with E-state index >= 15 is 0 Å². The van der Waals surface area contributed by atoms with Gasteiger partial charge in [0.1, 0.15) is 6.04 Å². The zero-order valence-corrected chi connectivity index (χ0v) is 11.6. The van der Waals surface area contributed by atoms with E-state index in [0.29, 0.717) is 0 Å². The Balaban J connectivity index is 0.00000180. The number of fused-ring (bicyclic) bond motifs is 1. The number of nitrogens with one attached hydrogen (secondary N) is 2. The highest BCUT2D eigenvalue weighted by molar-refractivity contribution is 5.97. The van der Waals surface area contributed by atoms with Crippen molar-refractivity contribution in [3.05, 3.63) is 23.9 Å². The molecule has 0 aliphatic rings. The summed E-state index contributed by atoms with van der Waals surface area (Å²) >= 11 is 0. The Bertz CT molecular complexity index is 570. The number of carbonyl (C=O) groups excluding carboxylic acids is 1. The summed E-state index contributed by atoms with van der Waals surface area (Å²) in [4.78, 5) is 11.8. The zero-order chi connectivity index (χ0) is 13.1. The fourth-order valence-corrected chi connectivity index (χ4v) is 1.72. The van der Waals surface area contributed by atoms with Crippen molar-refractivity contribution in [3.63, 3.8) is 0 Å². The molecule has 6 nitrogen and oxygen atoms in total. The topological polar surface area (TPSA) is 93.0 Å². The van der Waals surface area contributed by atoms with Gasteiger partial charge in [0.05, 0.1) is 18.3 Å². The first-order valence-electron chi connectivity index (χ1n) is 5.61. The van der Waals surface area contributed by atoms with E-state index in [-0.39, 0.29) is 24.9 Å². The van der Waals surface area contributed by atoms with Crippen molar-refractivity contribution in [2.75, 3.05) is 19.0 Å². The molecular weight excluding hydrogens is 268 g/mol. The summed E-state index contributed by atoms with van der Waals surface area (Å²) in [5.41, 5.74) is 8.22. The molecule has 0 aliphatic heterocycles. The second kappa shape index (κ2) is 6.51. The number of nitrogens with two attached hydrogens (primary N) is 1. The number of carbonyl (C=O) groups is 1. The lowest BCUT2D eigenvalue weighted by Gasteiger charge is -2.13. The number of aromatic amines is 1. The third-order valence-electron chi connectivity index (χ3n) is 2.73. The lowest BCUT2D eigenvalue weighted by Crippen LogP contribution is -2.39. The molecule has 0 bridgehead atoms. The van der Waals surface area contributed by atoms with Crippen LogP contribution in [0.3, 0.4) is 0 Å². The first-order valence-corrected chi connectivity index (χ1v) is 5.61. The lowest BCUT2D eigenvalue weighted by atomic mass is 10.1. The van der Waals surface area contributed by atoms with Gasteiger partial charge in [0.25, 0.3) is 0 Å². The van der Waals surface area contributed by atoms with E-state index < -0.39 is 6.04 Å². The van der Waals surface area contributed by atoms with Crippen LogP contribution in [0, 0.1) is 6.92 Å². The summed E-state index contributed by atoms with van der Waals surface area (Å²) in [5.74, 6) is -0.265. The molecule has 0 aliphatic carbocycles. The van der Waals surface area contributed by atoms with Crippen LogP contribution >= 0.6 is 12.4 Å². The van der Waals surface area contributed by atoms with Gasteiger partial charge in [-0.25, -0.2) is 0 Å². The number of anilines is 1. The highest BCUT2D eigenvalue weighted by Gasteiger charge is 2.14. The maximum Gasteiger partial charge on any atom is 0.243 e. The number of rotatable bonds is 4. The summed E-state index contributed by atoms with van der Waals surface area (Å²) in [6.07, 6.45) is 1.74. The van der Waals surface area contributed by atoms with E-state index in [2.05, 4.69) is 15.5 Å². The molecule has 1 aromatic carbocycles. The van der Waals surface area contributed by atoms with Crippen LogP contribution in [0.25, 0.3) is 10.9 Å². The molecule has 0 spiro atoms. The number of nitrogens with zero attached hydrogens (tertiary/aromatic N) is 1. The normalized spacial score (nSPS) is 11.9. The molecule has 1 atom stereocenters. The van der Waals surface area contributed by atoms with Crippen LogP contribution in [0.4, 0.5) is 5.69 Å². The molecule has 104 valence electrons. The van der Waals surface area contributed by atoms with Gasteiger partial charge in [0, 0.05) is 18.2 Å². The minimum absolute atomic E-state index is 0. The minimum atomic E-state index is -0.674. The predicted molar refractivity (Wildman–Crippen MR) is 76.6 cm³/mol. The van der Waals surface area contributed by atoms with Crippen molar-refractivity contribution in [1.82, 2.24) is 10.2 Å². The summed E-state index contributed by atoms with van der Waals surface area (Å²) in [6.45, 7) is 2.11. The Morgan fingerprint density at radius 3 is 3.00 bits per heavy atom. The zero-order valence-electron chi connectivity index (χ0n) is 10.8. The molecular formula is C12H17ClN4O2. The van der Waals surface area contributed by atoms with Gasteiger partial charge in [-0.2, -0.15) is 5.10 Å². The van der Waals surface area contributed by atoms with Crippen molar-refractivity contribution in [1.29, 1.82) is 0 Å². The maximum atomic E-state index is 11.8. The summed E-state index contributed by atoms with van der Waals surface area (Å²) in [6, 6.07) is 3.12. The van der Waals surface area contributed by atoms with Crippen LogP contribution in [0.2, 0.25) is 0 Å². The standard InChI is InChI=1S/C12H16N4O2.ClH/c1-7-3-8-5-14-16-11(8)4-10(7)15-12(17)9(13)6-18-2;/h3-5,9H,6,13H2,1-2H3,(H,14,16)(H,15,17);1H. The van der Waals surface area contributed by atoms with Crippen LogP contribution in [0.1, 0.15) is 5.56 Å². The van der Waals surface area contributed by atoms with Crippen LogP contribution < -0.4 is 11.1 Å².